The molecule has 6 aromatic rings. The number of hydrogen-bond donors (Lipinski definition) is 0. The lowest BCUT2D eigenvalue weighted by atomic mass is 9.83. The molecule has 0 atom stereocenters. The number of ether oxygens (including phenoxy) is 2. The molecule has 43 heavy (non-hydrogen) atoms. The normalized spacial score (nSPS) is 11.6. The van der Waals surface area contributed by atoms with E-state index in [0.717, 1.165) is 22.3 Å². The highest BCUT2D eigenvalue weighted by Crippen LogP contribution is 2.47. The van der Waals surface area contributed by atoms with Gasteiger partial charge in [-0.3, -0.25) is 0 Å². The van der Waals surface area contributed by atoms with Crippen molar-refractivity contribution in [3.63, 3.8) is 0 Å². The molecule has 0 bridgehead atoms. The van der Waals surface area contributed by atoms with Gasteiger partial charge in [0.15, 0.2) is 6.61 Å². The van der Waals surface area contributed by atoms with E-state index < -0.39 is 5.60 Å². The minimum atomic E-state index is -0.554. The smallest absolute Gasteiger partial charge is 0.344 e. The standard InChI is InChI=1S/C40H36O3/c1-26-23-30(24-27(2)39(26)42-25-35(41)43-40(3,4)5)31-21-14-22-34-36(28-15-8-6-9-16-28)32-19-12-13-20-33(32)37(38(31)34)29-17-10-7-11-18-29/h6-24H,25H2,1-5H3. The molecule has 3 nitrogen and oxygen atoms in total. The van der Waals surface area contributed by atoms with Crippen molar-refractivity contribution < 1.29 is 14.3 Å². The fraction of sp³-hybridized carbons (Fsp3) is 0.175. The minimum absolute atomic E-state index is 0.128. The van der Waals surface area contributed by atoms with Gasteiger partial charge in [-0.2, -0.15) is 0 Å². The van der Waals surface area contributed by atoms with Crippen LogP contribution in [0.2, 0.25) is 0 Å². The first-order valence-corrected chi connectivity index (χ1v) is 14.8. The second kappa shape index (κ2) is 11.4. The van der Waals surface area contributed by atoms with Crippen LogP contribution >= 0.6 is 0 Å². The van der Waals surface area contributed by atoms with Gasteiger partial charge in [-0.1, -0.05) is 103 Å². The molecule has 0 saturated heterocycles. The molecule has 0 aromatic heterocycles. The van der Waals surface area contributed by atoms with E-state index in [-0.39, 0.29) is 12.6 Å². The van der Waals surface area contributed by atoms with Gasteiger partial charge >= 0.3 is 5.97 Å². The van der Waals surface area contributed by atoms with Gasteiger partial charge in [0.05, 0.1) is 0 Å². The van der Waals surface area contributed by atoms with Gasteiger partial charge in [-0.05, 0) is 113 Å². The second-order valence-corrected chi connectivity index (χ2v) is 12.1. The second-order valence-electron chi connectivity index (χ2n) is 12.1. The number of esters is 1. The lowest BCUT2D eigenvalue weighted by Gasteiger charge is -2.22. The Balaban J connectivity index is 1.59. The Morgan fingerprint density at radius 2 is 1.12 bits per heavy atom. The summed E-state index contributed by atoms with van der Waals surface area (Å²) in [6.45, 7) is 9.52. The molecule has 6 rings (SSSR count). The third-order valence-electron chi connectivity index (χ3n) is 7.70. The highest BCUT2D eigenvalue weighted by Gasteiger charge is 2.21. The van der Waals surface area contributed by atoms with E-state index in [1.807, 2.05) is 34.6 Å². The van der Waals surface area contributed by atoms with Gasteiger partial charge in [0.1, 0.15) is 11.4 Å². The van der Waals surface area contributed by atoms with Crippen LogP contribution in [0.15, 0.2) is 115 Å². The number of rotatable bonds is 6. The van der Waals surface area contributed by atoms with E-state index in [0.29, 0.717) is 5.75 Å². The maximum Gasteiger partial charge on any atom is 0.344 e. The first kappa shape index (κ1) is 28.2. The van der Waals surface area contributed by atoms with Crippen LogP contribution < -0.4 is 4.74 Å². The average Bonchev–Trinajstić information content (AvgIpc) is 2.99. The highest BCUT2D eigenvalue weighted by molar-refractivity contribution is 6.24. The maximum absolute atomic E-state index is 12.4. The summed E-state index contributed by atoms with van der Waals surface area (Å²) in [6, 6.07) is 41.0. The number of carbonyl (C=O) groups is 1. The van der Waals surface area contributed by atoms with Gasteiger partial charge in [0, 0.05) is 0 Å². The quantitative estimate of drug-likeness (QED) is 0.149. The van der Waals surface area contributed by atoms with Crippen molar-refractivity contribution in [3.05, 3.63) is 126 Å². The van der Waals surface area contributed by atoms with Gasteiger partial charge in [0.2, 0.25) is 0 Å². The number of carbonyl (C=O) groups excluding carboxylic acids is 1. The average molecular weight is 565 g/mol. The van der Waals surface area contributed by atoms with E-state index >= 15 is 0 Å². The Hall–Kier alpha value is -4.89. The summed E-state index contributed by atoms with van der Waals surface area (Å²) in [5, 5.41) is 4.88. The van der Waals surface area contributed by atoms with Crippen molar-refractivity contribution in [3.8, 4) is 39.1 Å². The largest absolute Gasteiger partial charge is 0.481 e. The van der Waals surface area contributed by atoms with E-state index in [4.69, 9.17) is 9.47 Å². The van der Waals surface area contributed by atoms with E-state index in [1.54, 1.807) is 0 Å². The predicted octanol–water partition coefficient (Wildman–Crippen LogP) is 10.3. The number of fused-ring (bicyclic) bond motifs is 2. The Morgan fingerprint density at radius 1 is 0.605 bits per heavy atom. The molecule has 0 aliphatic carbocycles. The Labute approximate surface area is 253 Å². The lowest BCUT2D eigenvalue weighted by Crippen LogP contribution is -2.27. The monoisotopic (exact) mass is 564 g/mol. The molecule has 0 unspecified atom stereocenters. The van der Waals surface area contributed by atoms with Gasteiger partial charge in [0.25, 0.3) is 0 Å². The molecule has 0 amide bonds. The summed E-state index contributed by atoms with van der Waals surface area (Å²) in [5.41, 5.74) is 8.49. The summed E-state index contributed by atoms with van der Waals surface area (Å²) >= 11 is 0. The maximum atomic E-state index is 12.4. The summed E-state index contributed by atoms with van der Waals surface area (Å²) in [7, 11) is 0. The van der Waals surface area contributed by atoms with Crippen molar-refractivity contribution in [2.24, 2.45) is 0 Å². The molecule has 3 heteroatoms. The highest BCUT2D eigenvalue weighted by atomic mass is 16.6. The van der Waals surface area contributed by atoms with Gasteiger partial charge in [-0.25, -0.2) is 4.79 Å². The first-order chi connectivity index (χ1) is 20.7. The molecule has 0 aliphatic heterocycles. The van der Waals surface area contributed by atoms with Crippen molar-refractivity contribution >= 4 is 27.5 Å². The van der Waals surface area contributed by atoms with Crippen molar-refractivity contribution in [2.75, 3.05) is 6.61 Å². The summed E-state index contributed by atoms with van der Waals surface area (Å²) in [4.78, 5) is 12.4. The molecule has 0 fully saturated rings. The molecular formula is C40H36O3. The number of hydrogen-bond acceptors (Lipinski definition) is 3. The topological polar surface area (TPSA) is 35.5 Å². The van der Waals surface area contributed by atoms with Crippen LogP contribution in [-0.2, 0) is 9.53 Å². The molecule has 6 aromatic carbocycles. The minimum Gasteiger partial charge on any atom is -0.481 e. The Bertz CT molecular complexity index is 1930. The third-order valence-corrected chi connectivity index (χ3v) is 7.70. The summed E-state index contributed by atoms with van der Waals surface area (Å²) < 4.78 is 11.5. The Kier molecular flexibility index (Phi) is 7.50. The molecule has 0 saturated carbocycles. The SMILES string of the molecule is Cc1cc(-c2cccc3c(-c4ccccc4)c4ccccc4c(-c4ccccc4)c23)cc(C)c1OCC(=O)OC(C)(C)C. The molecule has 0 N–H and O–H groups in total. The molecule has 0 spiro atoms. The van der Waals surface area contributed by atoms with E-state index in [9.17, 15) is 4.79 Å². The first-order valence-electron chi connectivity index (χ1n) is 14.8. The van der Waals surface area contributed by atoms with Crippen molar-refractivity contribution in [1.82, 2.24) is 0 Å². The predicted molar refractivity (Wildman–Crippen MR) is 179 cm³/mol. The number of benzene rings is 6. The fourth-order valence-corrected chi connectivity index (χ4v) is 6.13. The van der Waals surface area contributed by atoms with Gasteiger partial charge < -0.3 is 9.47 Å². The fourth-order valence-electron chi connectivity index (χ4n) is 6.13. The van der Waals surface area contributed by atoms with Crippen LogP contribution in [0.5, 0.6) is 5.75 Å². The van der Waals surface area contributed by atoms with Crippen LogP contribution in [0, 0.1) is 13.8 Å². The Morgan fingerprint density at radius 3 is 1.70 bits per heavy atom. The lowest BCUT2D eigenvalue weighted by molar-refractivity contribution is -0.157. The molecule has 214 valence electrons. The van der Waals surface area contributed by atoms with Crippen molar-refractivity contribution in [1.29, 1.82) is 0 Å². The van der Waals surface area contributed by atoms with E-state index in [2.05, 4.69) is 115 Å². The van der Waals surface area contributed by atoms with Gasteiger partial charge in [-0.15, -0.1) is 0 Å². The molecule has 0 heterocycles. The molecule has 0 radical (unpaired) electrons. The zero-order chi connectivity index (χ0) is 30.1. The molecular weight excluding hydrogens is 528 g/mol. The number of aryl methyl sites for hydroxylation is 2. The zero-order valence-corrected chi connectivity index (χ0v) is 25.4. The van der Waals surface area contributed by atoms with Crippen LogP contribution in [-0.4, -0.2) is 18.2 Å². The summed E-state index contributed by atoms with van der Waals surface area (Å²) in [6.07, 6.45) is 0. The van der Waals surface area contributed by atoms with Crippen LogP contribution in [0.4, 0.5) is 0 Å². The molecule has 0 aliphatic rings. The van der Waals surface area contributed by atoms with Crippen LogP contribution in [0.25, 0.3) is 54.9 Å². The summed E-state index contributed by atoms with van der Waals surface area (Å²) in [5.74, 6) is 0.339. The van der Waals surface area contributed by atoms with Crippen LogP contribution in [0.1, 0.15) is 31.9 Å². The van der Waals surface area contributed by atoms with Crippen molar-refractivity contribution in [2.45, 2.75) is 40.2 Å². The zero-order valence-electron chi connectivity index (χ0n) is 25.4. The van der Waals surface area contributed by atoms with E-state index in [1.165, 1.54) is 43.8 Å². The van der Waals surface area contributed by atoms with Crippen LogP contribution in [0.3, 0.4) is 0 Å². The third kappa shape index (κ3) is 5.63.